The van der Waals surface area contributed by atoms with Crippen LogP contribution in [0, 0.1) is 13.8 Å². The van der Waals surface area contributed by atoms with Crippen molar-refractivity contribution < 1.29 is 19.4 Å². The molecule has 1 heterocycles. The molecule has 4 rings (SSSR count). The fraction of sp³-hybridized carbons (Fsp3) is 0.259. The number of nitrogens with zero attached hydrogens (tertiary/aromatic N) is 1. The van der Waals surface area contributed by atoms with Crippen LogP contribution >= 0.6 is 11.8 Å². The Hall–Kier alpha value is -3.29. The second-order valence-electron chi connectivity index (χ2n) is 7.96. The Morgan fingerprint density at radius 3 is 2.38 bits per heavy atom. The maximum Gasteiger partial charge on any atom is 0.407 e. The predicted molar refractivity (Wildman–Crippen MR) is 135 cm³/mol. The Morgan fingerprint density at radius 1 is 1.00 bits per heavy atom. The summed E-state index contributed by atoms with van der Waals surface area (Å²) in [5.74, 6) is -0.291. The van der Waals surface area contributed by atoms with Gasteiger partial charge < -0.3 is 15.2 Å². The van der Waals surface area contributed by atoms with Crippen LogP contribution in [-0.2, 0) is 4.74 Å². The SMILES string of the molecule is COC(=O)c1ccccc1.Cc1ccc(Sc2ccccc2C2CNCCN2C(=O)O)c(C)c1. The highest BCUT2D eigenvalue weighted by atomic mass is 32.2. The highest BCUT2D eigenvalue weighted by Gasteiger charge is 2.29. The molecule has 3 aromatic carbocycles. The molecule has 3 aromatic rings. The number of piperazine rings is 1. The summed E-state index contributed by atoms with van der Waals surface area (Å²) in [7, 11) is 1.37. The number of ether oxygens (including phenoxy) is 1. The van der Waals surface area contributed by atoms with Crippen molar-refractivity contribution in [2.24, 2.45) is 0 Å². The van der Waals surface area contributed by atoms with E-state index in [-0.39, 0.29) is 12.0 Å². The molecule has 0 bridgehead atoms. The molecule has 34 heavy (non-hydrogen) atoms. The van der Waals surface area contributed by atoms with Gasteiger partial charge in [0.25, 0.3) is 0 Å². The van der Waals surface area contributed by atoms with Gasteiger partial charge >= 0.3 is 12.1 Å². The van der Waals surface area contributed by atoms with E-state index in [1.165, 1.54) is 28.0 Å². The van der Waals surface area contributed by atoms with Gasteiger partial charge in [-0.2, -0.15) is 0 Å². The van der Waals surface area contributed by atoms with Gasteiger partial charge in [-0.15, -0.1) is 0 Å². The van der Waals surface area contributed by atoms with Crippen LogP contribution in [0.5, 0.6) is 0 Å². The third-order valence-corrected chi connectivity index (χ3v) is 6.78. The summed E-state index contributed by atoms with van der Waals surface area (Å²) in [6.45, 7) is 6.08. The Balaban J connectivity index is 0.000000271. The minimum Gasteiger partial charge on any atom is -0.465 e. The van der Waals surface area contributed by atoms with Crippen LogP contribution in [-0.4, -0.2) is 48.8 Å². The van der Waals surface area contributed by atoms with E-state index in [1.54, 1.807) is 36.0 Å². The third kappa shape index (κ3) is 6.62. The number of hydrogen-bond donors (Lipinski definition) is 2. The Morgan fingerprint density at radius 2 is 1.71 bits per heavy atom. The average molecular weight is 479 g/mol. The Kier molecular flexibility index (Phi) is 9.13. The molecule has 2 N–H and O–H groups in total. The first-order chi connectivity index (χ1) is 16.4. The van der Waals surface area contributed by atoms with Crippen LogP contribution in [0.25, 0.3) is 0 Å². The zero-order chi connectivity index (χ0) is 24.5. The van der Waals surface area contributed by atoms with Crippen molar-refractivity contribution in [3.8, 4) is 0 Å². The number of aryl methyl sites for hydroxylation is 2. The molecule has 1 amide bonds. The molecule has 1 aliphatic heterocycles. The topological polar surface area (TPSA) is 78.9 Å². The van der Waals surface area contributed by atoms with Gasteiger partial charge in [0.2, 0.25) is 0 Å². The van der Waals surface area contributed by atoms with Gasteiger partial charge in [-0.1, -0.05) is 65.9 Å². The molecule has 0 radical (unpaired) electrons. The normalized spacial score (nSPS) is 15.1. The van der Waals surface area contributed by atoms with Crippen molar-refractivity contribution >= 4 is 23.8 Å². The van der Waals surface area contributed by atoms with Crippen LogP contribution in [0.3, 0.4) is 0 Å². The van der Waals surface area contributed by atoms with Gasteiger partial charge in [0, 0.05) is 29.4 Å². The molecule has 178 valence electrons. The largest absolute Gasteiger partial charge is 0.465 e. The van der Waals surface area contributed by atoms with Crippen molar-refractivity contribution in [2.45, 2.75) is 29.7 Å². The summed E-state index contributed by atoms with van der Waals surface area (Å²) in [5, 5.41) is 12.8. The van der Waals surface area contributed by atoms with Crippen LogP contribution in [0.2, 0.25) is 0 Å². The minimum atomic E-state index is -0.854. The summed E-state index contributed by atoms with van der Waals surface area (Å²) in [6, 6.07) is 23.3. The summed E-state index contributed by atoms with van der Waals surface area (Å²) >= 11 is 1.71. The number of nitrogens with one attached hydrogen (secondary N) is 1. The second-order valence-corrected chi connectivity index (χ2v) is 9.05. The van der Waals surface area contributed by atoms with Crippen LogP contribution in [0.1, 0.15) is 33.1 Å². The lowest BCUT2D eigenvalue weighted by Gasteiger charge is -2.35. The molecular weight excluding hydrogens is 448 g/mol. The summed E-state index contributed by atoms with van der Waals surface area (Å²) in [4.78, 5) is 26.2. The standard InChI is InChI=1S/C19H22N2O2S.C8H8O2/c1-13-7-8-17(14(2)11-13)24-18-6-4-3-5-15(18)16-12-20-9-10-21(16)19(22)23;1-10-8(9)7-5-3-2-4-6-7/h3-8,11,16,20H,9-10,12H2,1-2H3,(H,22,23);2-6H,1H3. The quantitative estimate of drug-likeness (QED) is 0.479. The maximum atomic E-state index is 11.6. The zero-order valence-corrected chi connectivity index (χ0v) is 20.5. The van der Waals surface area contributed by atoms with E-state index in [4.69, 9.17) is 0 Å². The van der Waals surface area contributed by atoms with Gasteiger partial charge in [-0.25, -0.2) is 9.59 Å². The molecule has 6 nitrogen and oxygen atoms in total. The van der Waals surface area contributed by atoms with E-state index in [0.717, 1.165) is 10.5 Å². The van der Waals surface area contributed by atoms with Gasteiger partial charge in [0.1, 0.15) is 0 Å². The lowest BCUT2D eigenvalue weighted by atomic mass is 10.0. The number of esters is 1. The number of methoxy groups -OCH3 is 1. The number of amides is 1. The first-order valence-electron chi connectivity index (χ1n) is 11.1. The number of hydrogen-bond acceptors (Lipinski definition) is 5. The van der Waals surface area contributed by atoms with Gasteiger partial charge in [-0.05, 0) is 49.2 Å². The van der Waals surface area contributed by atoms with E-state index in [9.17, 15) is 14.7 Å². The van der Waals surface area contributed by atoms with Crippen molar-refractivity contribution in [1.29, 1.82) is 0 Å². The molecular formula is C27H30N2O4S. The molecule has 1 saturated heterocycles. The minimum absolute atomic E-state index is 0.147. The summed E-state index contributed by atoms with van der Waals surface area (Å²) < 4.78 is 4.50. The third-order valence-electron chi connectivity index (χ3n) is 5.51. The molecule has 0 aliphatic carbocycles. The number of rotatable bonds is 4. The highest BCUT2D eigenvalue weighted by molar-refractivity contribution is 7.99. The van der Waals surface area contributed by atoms with Gasteiger partial charge in [0.05, 0.1) is 18.7 Å². The van der Waals surface area contributed by atoms with E-state index in [2.05, 4.69) is 48.2 Å². The number of benzene rings is 3. The monoisotopic (exact) mass is 478 g/mol. The lowest BCUT2D eigenvalue weighted by molar-refractivity contribution is 0.0600. The van der Waals surface area contributed by atoms with Gasteiger partial charge in [-0.3, -0.25) is 4.90 Å². The molecule has 0 aromatic heterocycles. The smallest absolute Gasteiger partial charge is 0.407 e. The molecule has 1 aliphatic rings. The van der Waals surface area contributed by atoms with Crippen molar-refractivity contribution in [2.75, 3.05) is 26.7 Å². The van der Waals surface area contributed by atoms with Gasteiger partial charge in [0.15, 0.2) is 0 Å². The van der Waals surface area contributed by atoms with Crippen molar-refractivity contribution in [3.63, 3.8) is 0 Å². The molecule has 0 saturated carbocycles. The van der Waals surface area contributed by atoms with E-state index >= 15 is 0 Å². The van der Waals surface area contributed by atoms with E-state index < -0.39 is 6.09 Å². The van der Waals surface area contributed by atoms with E-state index in [0.29, 0.717) is 25.2 Å². The Labute approximate surface area is 204 Å². The molecule has 1 fully saturated rings. The predicted octanol–water partition coefficient (Wildman–Crippen LogP) is 5.55. The average Bonchev–Trinajstić information content (AvgIpc) is 2.86. The first kappa shape index (κ1) is 25.3. The number of carbonyl (C=O) groups is 2. The second kappa shape index (κ2) is 12.3. The lowest BCUT2D eigenvalue weighted by Crippen LogP contribution is -2.48. The zero-order valence-electron chi connectivity index (χ0n) is 19.7. The maximum absolute atomic E-state index is 11.6. The molecule has 1 unspecified atom stereocenters. The summed E-state index contributed by atoms with van der Waals surface area (Å²) in [6.07, 6.45) is -0.854. The molecule has 1 atom stereocenters. The van der Waals surface area contributed by atoms with E-state index in [1.807, 2.05) is 24.3 Å². The molecule has 7 heteroatoms. The summed E-state index contributed by atoms with van der Waals surface area (Å²) in [5.41, 5.74) is 4.15. The Bertz CT molecular complexity index is 1120. The fourth-order valence-electron chi connectivity index (χ4n) is 3.78. The molecule has 0 spiro atoms. The fourth-order valence-corrected chi connectivity index (χ4v) is 4.85. The number of carboxylic acid groups (broad SMARTS) is 1. The van der Waals surface area contributed by atoms with Crippen LogP contribution in [0.15, 0.2) is 82.6 Å². The first-order valence-corrected chi connectivity index (χ1v) is 11.9. The van der Waals surface area contributed by atoms with Crippen molar-refractivity contribution in [1.82, 2.24) is 10.2 Å². The van der Waals surface area contributed by atoms with Crippen LogP contribution in [0.4, 0.5) is 4.79 Å². The highest BCUT2D eigenvalue weighted by Crippen LogP contribution is 2.37. The number of carbonyl (C=O) groups excluding carboxylic acids is 1. The van der Waals surface area contributed by atoms with Crippen molar-refractivity contribution in [3.05, 3.63) is 95.1 Å². The van der Waals surface area contributed by atoms with Crippen LogP contribution < -0.4 is 5.32 Å².